The lowest BCUT2D eigenvalue weighted by molar-refractivity contribution is -0.192. The lowest BCUT2D eigenvalue weighted by Crippen LogP contribution is -2.47. The Morgan fingerprint density at radius 2 is 1.82 bits per heavy atom. The van der Waals surface area contributed by atoms with E-state index >= 15 is 0 Å². The third kappa shape index (κ3) is 1.08. The molecule has 3 heteroatoms. The third-order valence-electron chi connectivity index (χ3n) is 2.44. The van der Waals surface area contributed by atoms with Crippen molar-refractivity contribution in [2.45, 2.75) is 45.2 Å². The number of hydrogen-bond donors (Lipinski definition) is 0. The lowest BCUT2D eigenvalue weighted by Gasteiger charge is -2.27. The largest absolute Gasteiger partial charge is 0.338 e. The van der Waals surface area contributed by atoms with Gasteiger partial charge < -0.3 is 5.21 Å². The van der Waals surface area contributed by atoms with Crippen molar-refractivity contribution in [3.05, 3.63) is 0 Å². The minimum atomic E-state index is -0.594. The monoisotopic (exact) mass is 158 g/mol. The minimum Gasteiger partial charge on any atom is -0.338 e. The van der Waals surface area contributed by atoms with Gasteiger partial charge in [0.05, 0.1) is 5.54 Å². The van der Waals surface area contributed by atoms with Crippen molar-refractivity contribution in [1.29, 1.82) is 0 Å². The Bertz CT molecular complexity index is 196. The summed E-state index contributed by atoms with van der Waals surface area (Å²) in [6, 6.07) is 0. The van der Waals surface area contributed by atoms with Crippen LogP contribution in [0.1, 0.15) is 34.1 Å². The summed E-state index contributed by atoms with van der Waals surface area (Å²) >= 11 is 0. The van der Waals surface area contributed by atoms with Crippen molar-refractivity contribution in [2.24, 2.45) is 0 Å². The fraction of sp³-hybridized carbons (Fsp3) is 0.875. The minimum absolute atomic E-state index is 0.164. The molecule has 1 fully saturated rings. The average Bonchev–Trinajstić information content (AvgIpc) is 1.94. The van der Waals surface area contributed by atoms with Crippen LogP contribution in [0.15, 0.2) is 0 Å². The van der Waals surface area contributed by atoms with Gasteiger partial charge in [0.1, 0.15) is 5.54 Å². The van der Waals surface area contributed by atoms with Gasteiger partial charge in [-0.15, -0.1) is 0 Å². The van der Waals surface area contributed by atoms with Crippen LogP contribution in [0.5, 0.6) is 0 Å². The van der Waals surface area contributed by atoms with Gasteiger partial charge in [-0.1, -0.05) is 5.06 Å². The van der Waals surface area contributed by atoms with Crippen LogP contribution in [0, 0.1) is 0 Å². The highest BCUT2D eigenvalue weighted by Gasteiger charge is 2.54. The van der Waals surface area contributed by atoms with E-state index in [4.69, 9.17) is 5.21 Å². The molecule has 0 aromatic heterocycles. The van der Waals surface area contributed by atoms with Gasteiger partial charge in [-0.2, -0.15) is 0 Å². The molecular formula is C8H16NO2+. The van der Waals surface area contributed by atoms with E-state index in [1.807, 2.05) is 13.8 Å². The highest BCUT2D eigenvalue weighted by molar-refractivity contribution is 5.90. The first-order chi connectivity index (χ1) is 4.78. The molecule has 11 heavy (non-hydrogen) atoms. The Balaban J connectivity index is 2.98. The Morgan fingerprint density at radius 1 is 1.36 bits per heavy atom. The number of carbonyl (C=O) groups is 1. The van der Waals surface area contributed by atoms with Crippen LogP contribution in [-0.2, 0) is 4.79 Å². The zero-order valence-corrected chi connectivity index (χ0v) is 7.56. The summed E-state index contributed by atoms with van der Waals surface area (Å²) in [6.45, 7) is 7.45. The molecular weight excluding hydrogens is 142 g/mol. The molecule has 3 nitrogen and oxygen atoms in total. The molecule has 0 aliphatic carbocycles. The van der Waals surface area contributed by atoms with E-state index in [1.54, 1.807) is 13.8 Å². The van der Waals surface area contributed by atoms with Gasteiger partial charge in [0.25, 0.3) is 0 Å². The Morgan fingerprint density at radius 3 is 1.91 bits per heavy atom. The lowest BCUT2D eigenvalue weighted by atomic mass is 9.99. The second-order valence-electron chi connectivity index (χ2n) is 4.31. The Hall–Kier alpha value is -0.410. The molecule has 0 spiro atoms. The second-order valence-corrected chi connectivity index (χ2v) is 4.31. The highest BCUT2D eigenvalue weighted by atomic mass is 16.5. The molecule has 2 N–H and O–H groups in total. The van der Waals surface area contributed by atoms with Gasteiger partial charge in [0, 0.05) is 6.42 Å². The standard InChI is InChI=1S/C8H15NO2/c1-7(2)5-6(10)8(3,4)9(7)11/h11H,5H2,1-4H3/p+1. The maximum absolute atomic E-state index is 11.4. The van der Waals surface area contributed by atoms with Gasteiger partial charge in [0.2, 0.25) is 0 Å². The molecule has 0 aromatic rings. The van der Waals surface area contributed by atoms with Gasteiger partial charge >= 0.3 is 0 Å². The van der Waals surface area contributed by atoms with Crippen molar-refractivity contribution in [2.75, 3.05) is 0 Å². The zero-order chi connectivity index (χ0) is 8.86. The van der Waals surface area contributed by atoms with Gasteiger partial charge in [-0.25, -0.2) is 0 Å². The molecule has 1 rings (SSSR count). The maximum atomic E-state index is 11.4. The fourth-order valence-corrected chi connectivity index (χ4v) is 1.57. The molecule has 0 bridgehead atoms. The predicted octanol–water partition coefficient (Wildman–Crippen LogP) is 0.458. The number of hydroxylamine groups is 2. The number of hydrogen-bond acceptors (Lipinski definition) is 2. The predicted molar refractivity (Wildman–Crippen MR) is 43.2 cm³/mol. The van der Waals surface area contributed by atoms with E-state index in [9.17, 15) is 4.79 Å². The normalized spacial score (nSPS) is 29.4. The van der Waals surface area contributed by atoms with Crippen molar-refractivity contribution in [3.8, 4) is 0 Å². The van der Waals surface area contributed by atoms with Crippen LogP contribution in [-0.4, -0.2) is 27.1 Å². The number of ketones is 1. The summed E-state index contributed by atoms with van der Waals surface area (Å²) in [5.41, 5.74) is -0.885. The highest BCUT2D eigenvalue weighted by Crippen LogP contribution is 2.35. The Labute approximate surface area is 67.0 Å². The first kappa shape index (κ1) is 8.68. The van der Waals surface area contributed by atoms with Crippen LogP contribution in [0.3, 0.4) is 0 Å². The van der Waals surface area contributed by atoms with Crippen LogP contribution in [0.25, 0.3) is 0 Å². The van der Waals surface area contributed by atoms with Gasteiger partial charge in [0.15, 0.2) is 5.78 Å². The number of rotatable bonds is 0. The van der Waals surface area contributed by atoms with Crippen LogP contribution >= 0.6 is 0 Å². The van der Waals surface area contributed by atoms with Crippen LogP contribution in [0.2, 0.25) is 0 Å². The molecule has 0 atom stereocenters. The third-order valence-corrected chi connectivity index (χ3v) is 2.44. The average molecular weight is 158 g/mol. The molecule has 0 radical (unpaired) electrons. The van der Waals surface area contributed by atoms with E-state index in [-0.39, 0.29) is 11.3 Å². The Kier molecular flexibility index (Phi) is 1.62. The van der Waals surface area contributed by atoms with E-state index < -0.39 is 5.54 Å². The van der Waals surface area contributed by atoms with E-state index in [2.05, 4.69) is 0 Å². The fourth-order valence-electron chi connectivity index (χ4n) is 1.57. The molecule has 1 aliphatic heterocycles. The molecule has 1 saturated heterocycles. The van der Waals surface area contributed by atoms with Gasteiger partial charge in [-0.3, -0.25) is 4.79 Å². The summed E-state index contributed by atoms with van der Waals surface area (Å²) in [5, 5.41) is 9.09. The van der Waals surface area contributed by atoms with E-state index in [0.717, 1.165) is 0 Å². The molecule has 0 saturated carbocycles. The van der Waals surface area contributed by atoms with E-state index in [1.165, 1.54) is 5.06 Å². The molecule has 0 amide bonds. The molecule has 1 aliphatic rings. The van der Waals surface area contributed by atoms with Crippen LogP contribution < -0.4 is 0 Å². The summed E-state index contributed by atoms with van der Waals surface area (Å²) in [6.07, 6.45) is 0.490. The SMILES string of the molecule is CC1(C)CC(=O)C(C)(C)N1[OH2+]. The van der Waals surface area contributed by atoms with E-state index in [0.29, 0.717) is 6.42 Å². The summed E-state index contributed by atoms with van der Waals surface area (Å²) in [5.74, 6) is 0.164. The summed E-state index contributed by atoms with van der Waals surface area (Å²) in [7, 11) is 0. The zero-order valence-electron chi connectivity index (χ0n) is 7.56. The second kappa shape index (κ2) is 2.05. The molecule has 1 heterocycles. The first-order valence-corrected chi connectivity index (χ1v) is 3.83. The molecule has 0 aromatic carbocycles. The van der Waals surface area contributed by atoms with Crippen LogP contribution in [0.4, 0.5) is 0 Å². The number of carbonyl (C=O) groups excluding carboxylic acids is 1. The van der Waals surface area contributed by atoms with Gasteiger partial charge in [-0.05, 0) is 27.7 Å². The first-order valence-electron chi connectivity index (χ1n) is 3.83. The molecule has 64 valence electrons. The smallest absolute Gasteiger partial charge is 0.161 e. The molecule has 0 unspecified atom stereocenters. The van der Waals surface area contributed by atoms with Crippen molar-refractivity contribution in [1.82, 2.24) is 5.06 Å². The topological polar surface area (TPSA) is 43.2 Å². The summed E-state index contributed by atoms with van der Waals surface area (Å²) < 4.78 is 0. The van der Waals surface area contributed by atoms with Crippen molar-refractivity contribution in [3.63, 3.8) is 0 Å². The summed E-state index contributed by atoms with van der Waals surface area (Å²) in [4.78, 5) is 11.4. The van der Waals surface area contributed by atoms with Crippen molar-refractivity contribution < 1.29 is 10.0 Å². The number of Topliss-reactive ketones (excluding diaryl/α,β-unsaturated/α-hetero) is 1. The van der Waals surface area contributed by atoms with Crippen molar-refractivity contribution >= 4 is 5.78 Å². The number of nitrogens with zero attached hydrogens (tertiary/aromatic N) is 1. The maximum Gasteiger partial charge on any atom is 0.161 e. The quantitative estimate of drug-likeness (QED) is 0.481.